The van der Waals surface area contributed by atoms with E-state index in [2.05, 4.69) is 28.4 Å². The van der Waals surface area contributed by atoms with Crippen molar-refractivity contribution in [2.45, 2.75) is 46.2 Å². The second kappa shape index (κ2) is 11.0. The number of para-hydroxylation sites is 1. The van der Waals surface area contributed by atoms with E-state index < -0.39 is 0 Å². The first-order valence-corrected chi connectivity index (χ1v) is 11.0. The average molecular weight is 411 g/mol. The highest BCUT2D eigenvalue weighted by Crippen LogP contribution is 2.23. The smallest absolute Gasteiger partial charge is 0.255 e. The monoisotopic (exact) mass is 410 g/mol. The summed E-state index contributed by atoms with van der Waals surface area (Å²) in [6.07, 6.45) is 2.31. The van der Waals surface area contributed by atoms with Gasteiger partial charge in [0.1, 0.15) is 11.5 Å². The van der Waals surface area contributed by atoms with Crippen LogP contribution in [0.15, 0.2) is 48.5 Å². The topological polar surface area (TPSA) is 50.8 Å². The quantitative estimate of drug-likeness (QED) is 0.661. The Labute approximate surface area is 180 Å². The molecule has 2 aromatic rings. The number of likely N-dealkylation sites (tertiary alicyclic amines) is 1. The summed E-state index contributed by atoms with van der Waals surface area (Å²) in [7, 11) is 0. The van der Waals surface area contributed by atoms with E-state index in [4.69, 9.17) is 9.47 Å². The molecule has 1 N–H and O–H groups in total. The molecule has 1 aliphatic heterocycles. The fraction of sp³-hybridized carbons (Fsp3) is 0.480. The number of ether oxygens (including phenoxy) is 2. The SMILES string of the molecule is CCOc1cccc(CN2CCCC(COc3ccccc3C(=O)NC(C)C)C2)c1. The molecule has 1 atom stereocenters. The molecule has 1 saturated heterocycles. The molecule has 162 valence electrons. The standard InChI is InChI=1S/C25H34N2O3/c1-4-29-22-11-7-9-20(15-22)16-27-14-8-10-21(17-27)18-30-24-13-6-5-12-23(24)25(28)26-19(2)3/h5-7,9,11-13,15,19,21H,4,8,10,14,16-18H2,1-3H3,(H,26,28). The van der Waals surface area contributed by atoms with E-state index in [1.54, 1.807) is 0 Å². The van der Waals surface area contributed by atoms with Gasteiger partial charge in [-0.15, -0.1) is 0 Å². The lowest BCUT2D eigenvalue weighted by Crippen LogP contribution is -2.37. The highest BCUT2D eigenvalue weighted by atomic mass is 16.5. The summed E-state index contributed by atoms with van der Waals surface area (Å²) in [5, 5.41) is 2.95. The van der Waals surface area contributed by atoms with Crippen LogP contribution in [0, 0.1) is 5.92 Å². The minimum absolute atomic E-state index is 0.0833. The van der Waals surface area contributed by atoms with Crippen LogP contribution in [0.5, 0.6) is 11.5 Å². The number of hydrogen-bond acceptors (Lipinski definition) is 4. The Bertz CT molecular complexity index is 822. The third kappa shape index (κ3) is 6.49. The van der Waals surface area contributed by atoms with Gasteiger partial charge < -0.3 is 14.8 Å². The van der Waals surface area contributed by atoms with Crippen LogP contribution in [0.3, 0.4) is 0 Å². The Hall–Kier alpha value is -2.53. The van der Waals surface area contributed by atoms with Crippen LogP contribution in [0.25, 0.3) is 0 Å². The van der Waals surface area contributed by atoms with Crippen molar-refractivity contribution in [3.05, 3.63) is 59.7 Å². The van der Waals surface area contributed by atoms with Gasteiger partial charge in [-0.05, 0) is 70.0 Å². The summed E-state index contributed by atoms with van der Waals surface area (Å²) < 4.78 is 11.7. The zero-order valence-electron chi connectivity index (χ0n) is 18.4. The average Bonchev–Trinajstić information content (AvgIpc) is 2.73. The van der Waals surface area contributed by atoms with Crippen LogP contribution in [0.4, 0.5) is 0 Å². The second-order valence-electron chi connectivity index (χ2n) is 8.26. The lowest BCUT2D eigenvalue weighted by molar-refractivity contribution is 0.0932. The summed E-state index contributed by atoms with van der Waals surface area (Å²) in [6.45, 7) is 10.3. The number of benzene rings is 2. The van der Waals surface area contributed by atoms with E-state index in [1.807, 2.05) is 51.1 Å². The van der Waals surface area contributed by atoms with E-state index >= 15 is 0 Å². The fourth-order valence-corrected chi connectivity index (χ4v) is 3.92. The Balaban J connectivity index is 1.56. The molecule has 3 rings (SSSR count). The highest BCUT2D eigenvalue weighted by molar-refractivity contribution is 5.97. The van der Waals surface area contributed by atoms with Gasteiger partial charge in [-0.2, -0.15) is 0 Å². The van der Waals surface area contributed by atoms with Crippen molar-refractivity contribution >= 4 is 5.91 Å². The Morgan fingerprint density at radius 2 is 2.00 bits per heavy atom. The number of carbonyl (C=O) groups is 1. The third-order valence-corrected chi connectivity index (χ3v) is 5.24. The third-order valence-electron chi connectivity index (χ3n) is 5.24. The number of nitrogens with one attached hydrogen (secondary N) is 1. The normalized spacial score (nSPS) is 17.0. The van der Waals surface area contributed by atoms with Gasteiger partial charge in [0, 0.05) is 25.0 Å². The molecule has 30 heavy (non-hydrogen) atoms. The van der Waals surface area contributed by atoms with Crippen molar-refractivity contribution in [1.29, 1.82) is 0 Å². The molecule has 1 fully saturated rings. The lowest BCUT2D eigenvalue weighted by Gasteiger charge is -2.32. The second-order valence-corrected chi connectivity index (χ2v) is 8.26. The number of hydrogen-bond donors (Lipinski definition) is 1. The van der Waals surface area contributed by atoms with Gasteiger partial charge in [-0.3, -0.25) is 9.69 Å². The predicted molar refractivity (Wildman–Crippen MR) is 120 cm³/mol. The molecular weight excluding hydrogens is 376 g/mol. The van der Waals surface area contributed by atoms with Crippen LogP contribution in [0.1, 0.15) is 49.5 Å². The molecule has 1 unspecified atom stereocenters. The minimum Gasteiger partial charge on any atom is -0.494 e. The lowest BCUT2D eigenvalue weighted by atomic mass is 9.98. The molecule has 0 radical (unpaired) electrons. The van der Waals surface area contributed by atoms with Crippen molar-refractivity contribution in [2.24, 2.45) is 5.92 Å². The number of amides is 1. The molecule has 1 aliphatic rings. The largest absolute Gasteiger partial charge is 0.494 e. The van der Waals surface area contributed by atoms with E-state index in [-0.39, 0.29) is 11.9 Å². The predicted octanol–water partition coefficient (Wildman–Crippen LogP) is 4.51. The molecule has 5 nitrogen and oxygen atoms in total. The maximum atomic E-state index is 12.4. The summed E-state index contributed by atoms with van der Waals surface area (Å²) in [6, 6.07) is 16.0. The first-order chi connectivity index (χ1) is 14.5. The molecule has 1 amide bonds. The Morgan fingerprint density at radius 3 is 2.80 bits per heavy atom. The molecule has 1 heterocycles. The summed E-state index contributed by atoms with van der Waals surface area (Å²) in [4.78, 5) is 14.9. The maximum Gasteiger partial charge on any atom is 0.255 e. The van der Waals surface area contributed by atoms with Gasteiger partial charge in [-0.1, -0.05) is 24.3 Å². The van der Waals surface area contributed by atoms with Crippen LogP contribution < -0.4 is 14.8 Å². The Morgan fingerprint density at radius 1 is 1.17 bits per heavy atom. The zero-order valence-corrected chi connectivity index (χ0v) is 18.4. The first kappa shape index (κ1) is 22.2. The molecular formula is C25H34N2O3. The fourth-order valence-electron chi connectivity index (χ4n) is 3.92. The van der Waals surface area contributed by atoms with Crippen molar-refractivity contribution in [3.63, 3.8) is 0 Å². The van der Waals surface area contributed by atoms with Crippen molar-refractivity contribution in [3.8, 4) is 11.5 Å². The molecule has 0 aliphatic carbocycles. The van der Waals surface area contributed by atoms with E-state index in [0.717, 1.165) is 38.2 Å². The van der Waals surface area contributed by atoms with Crippen LogP contribution in [0.2, 0.25) is 0 Å². The van der Waals surface area contributed by atoms with Crippen molar-refractivity contribution in [2.75, 3.05) is 26.3 Å². The summed E-state index contributed by atoms with van der Waals surface area (Å²) >= 11 is 0. The Kier molecular flexibility index (Phi) is 8.14. The molecule has 2 aromatic carbocycles. The molecule has 0 spiro atoms. The van der Waals surface area contributed by atoms with Gasteiger partial charge in [0.2, 0.25) is 0 Å². The maximum absolute atomic E-state index is 12.4. The zero-order chi connectivity index (χ0) is 21.3. The molecule has 5 heteroatoms. The van der Waals surface area contributed by atoms with E-state index in [9.17, 15) is 4.79 Å². The van der Waals surface area contributed by atoms with Gasteiger partial charge in [0.05, 0.1) is 18.8 Å². The van der Waals surface area contributed by atoms with Gasteiger partial charge >= 0.3 is 0 Å². The van der Waals surface area contributed by atoms with E-state index in [0.29, 0.717) is 30.4 Å². The molecule has 0 bridgehead atoms. The number of piperidine rings is 1. The minimum atomic E-state index is -0.0833. The van der Waals surface area contributed by atoms with Crippen molar-refractivity contribution in [1.82, 2.24) is 10.2 Å². The highest BCUT2D eigenvalue weighted by Gasteiger charge is 2.22. The number of carbonyl (C=O) groups excluding carboxylic acids is 1. The van der Waals surface area contributed by atoms with Crippen LogP contribution in [-0.2, 0) is 6.54 Å². The number of rotatable bonds is 9. The van der Waals surface area contributed by atoms with Gasteiger partial charge in [-0.25, -0.2) is 0 Å². The van der Waals surface area contributed by atoms with E-state index in [1.165, 1.54) is 5.56 Å². The van der Waals surface area contributed by atoms with Crippen molar-refractivity contribution < 1.29 is 14.3 Å². The summed E-state index contributed by atoms with van der Waals surface area (Å²) in [5.41, 5.74) is 1.88. The molecule has 0 aromatic heterocycles. The van der Waals surface area contributed by atoms with Gasteiger partial charge in [0.15, 0.2) is 0 Å². The number of nitrogens with zero attached hydrogens (tertiary/aromatic N) is 1. The molecule has 0 saturated carbocycles. The van der Waals surface area contributed by atoms with Gasteiger partial charge in [0.25, 0.3) is 5.91 Å². The van der Waals surface area contributed by atoms with Crippen LogP contribution >= 0.6 is 0 Å². The summed E-state index contributed by atoms with van der Waals surface area (Å²) in [5.74, 6) is 1.97. The first-order valence-electron chi connectivity index (χ1n) is 11.0. The van der Waals surface area contributed by atoms with Crippen LogP contribution in [-0.4, -0.2) is 43.2 Å².